The van der Waals surface area contributed by atoms with Gasteiger partial charge in [0.1, 0.15) is 11.5 Å². The first kappa shape index (κ1) is 9.69. The van der Waals surface area contributed by atoms with Gasteiger partial charge in [0.2, 0.25) is 0 Å². The van der Waals surface area contributed by atoms with Crippen molar-refractivity contribution < 1.29 is 0 Å². The Morgan fingerprint density at radius 2 is 2.00 bits per heavy atom. The molecule has 0 saturated carbocycles. The van der Waals surface area contributed by atoms with Crippen LogP contribution in [0.1, 0.15) is 0 Å². The molecule has 0 fully saturated rings. The first-order chi connectivity index (χ1) is 7.83. The van der Waals surface area contributed by atoms with Gasteiger partial charge in [-0.15, -0.1) is 11.3 Å². The molecule has 0 N–H and O–H groups in total. The highest BCUT2D eigenvalue weighted by atomic mass is 35.5. The van der Waals surface area contributed by atoms with Crippen molar-refractivity contribution >= 4 is 33.2 Å². The molecule has 0 amide bonds. The van der Waals surface area contributed by atoms with Crippen molar-refractivity contribution in [3.8, 4) is 11.3 Å². The summed E-state index contributed by atoms with van der Waals surface area (Å²) in [6, 6.07) is 7.80. The van der Waals surface area contributed by atoms with Gasteiger partial charge in [-0.05, 0) is 12.1 Å². The van der Waals surface area contributed by atoms with E-state index < -0.39 is 0 Å². The maximum absolute atomic E-state index is 5.83. The van der Waals surface area contributed by atoms with Gasteiger partial charge in [-0.1, -0.05) is 17.7 Å². The minimum absolute atomic E-state index is 0.448. The van der Waals surface area contributed by atoms with Crippen LogP contribution in [0.4, 0.5) is 0 Å². The molecule has 0 aliphatic carbocycles. The standard InChI is InChI=1S/C11H6ClN3S/c12-11-4-8(13-5-14-11)7-1-2-10-9(3-7)15-6-16-10/h1-6H. The molecule has 2 aromatic heterocycles. The van der Waals surface area contributed by atoms with E-state index in [1.54, 1.807) is 17.4 Å². The van der Waals surface area contributed by atoms with Crippen LogP contribution in [0.2, 0.25) is 5.15 Å². The van der Waals surface area contributed by atoms with Crippen LogP contribution in [0, 0.1) is 0 Å². The Hall–Kier alpha value is -1.52. The fraction of sp³-hybridized carbons (Fsp3) is 0. The summed E-state index contributed by atoms with van der Waals surface area (Å²) in [6.07, 6.45) is 1.46. The van der Waals surface area contributed by atoms with Gasteiger partial charge in [0.25, 0.3) is 0 Å². The Bertz CT molecular complexity index is 650. The number of nitrogens with zero attached hydrogens (tertiary/aromatic N) is 3. The number of halogens is 1. The average Bonchev–Trinajstić information content (AvgIpc) is 2.75. The number of benzene rings is 1. The summed E-state index contributed by atoms with van der Waals surface area (Å²) in [7, 11) is 0. The Morgan fingerprint density at radius 3 is 2.88 bits per heavy atom. The van der Waals surface area contributed by atoms with E-state index in [1.165, 1.54) is 11.0 Å². The highest BCUT2D eigenvalue weighted by Crippen LogP contribution is 2.25. The number of thiazole rings is 1. The van der Waals surface area contributed by atoms with Gasteiger partial charge in [0.05, 0.1) is 21.4 Å². The monoisotopic (exact) mass is 247 g/mol. The van der Waals surface area contributed by atoms with Crippen LogP contribution in [-0.4, -0.2) is 15.0 Å². The Balaban J connectivity index is 2.18. The highest BCUT2D eigenvalue weighted by Gasteiger charge is 2.03. The summed E-state index contributed by atoms with van der Waals surface area (Å²) in [4.78, 5) is 12.3. The van der Waals surface area contributed by atoms with E-state index >= 15 is 0 Å². The number of aromatic nitrogens is 3. The Morgan fingerprint density at radius 1 is 1.06 bits per heavy atom. The molecule has 2 heterocycles. The second-order valence-electron chi connectivity index (χ2n) is 3.26. The average molecular weight is 248 g/mol. The third-order valence-electron chi connectivity index (χ3n) is 2.26. The van der Waals surface area contributed by atoms with Gasteiger partial charge in [-0.2, -0.15) is 0 Å². The molecule has 0 aliphatic rings. The van der Waals surface area contributed by atoms with Crippen molar-refractivity contribution in [2.75, 3.05) is 0 Å². The van der Waals surface area contributed by atoms with Gasteiger partial charge in [0.15, 0.2) is 0 Å². The topological polar surface area (TPSA) is 38.7 Å². The zero-order chi connectivity index (χ0) is 11.0. The van der Waals surface area contributed by atoms with Gasteiger partial charge >= 0.3 is 0 Å². The minimum atomic E-state index is 0.448. The smallest absolute Gasteiger partial charge is 0.133 e. The third-order valence-corrected chi connectivity index (χ3v) is 3.28. The molecule has 16 heavy (non-hydrogen) atoms. The number of hydrogen-bond donors (Lipinski definition) is 0. The SMILES string of the molecule is Clc1cc(-c2ccc3scnc3c2)ncn1. The summed E-state index contributed by atoms with van der Waals surface area (Å²) in [5.74, 6) is 0. The molecule has 3 nitrogen and oxygen atoms in total. The molecule has 5 heteroatoms. The second kappa shape index (κ2) is 3.81. The lowest BCUT2D eigenvalue weighted by atomic mass is 10.1. The van der Waals surface area contributed by atoms with E-state index in [2.05, 4.69) is 15.0 Å². The van der Waals surface area contributed by atoms with E-state index in [0.717, 1.165) is 16.8 Å². The molecule has 0 unspecified atom stereocenters. The molecule has 3 aromatic rings. The summed E-state index contributed by atoms with van der Waals surface area (Å²) in [6.45, 7) is 0. The molecular formula is C11H6ClN3S. The molecule has 0 aliphatic heterocycles. The van der Waals surface area contributed by atoms with Crippen LogP contribution in [0.3, 0.4) is 0 Å². The fourth-order valence-corrected chi connectivity index (χ4v) is 2.31. The first-order valence-corrected chi connectivity index (χ1v) is 5.90. The highest BCUT2D eigenvalue weighted by molar-refractivity contribution is 7.16. The fourth-order valence-electron chi connectivity index (χ4n) is 1.51. The third kappa shape index (κ3) is 1.66. The predicted octanol–water partition coefficient (Wildman–Crippen LogP) is 3.41. The van der Waals surface area contributed by atoms with E-state index in [4.69, 9.17) is 11.6 Å². The lowest BCUT2D eigenvalue weighted by molar-refractivity contribution is 1.17. The van der Waals surface area contributed by atoms with E-state index in [0.29, 0.717) is 5.15 Å². The number of rotatable bonds is 1. The van der Waals surface area contributed by atoms with Crippen molar-refractivity contribution in [2.24, 2.45) is 0 Å². The quantitative estimate of drug-likeness (QED) is 0.619. The summed E-state index contributed by atoms with van der Waals surface area (Å²) in [5, 5.41) is 0.448. The predicted molar refractivity (Wildman–Crippen MR) is 65.7 cm³/mol. The van der Waals surface area contributed by atoms with Crippen molar-refractivity contribution in [3.63, 3.8) is 0 Å². The van der Waals surface area contributed by atoms with E-state index in [9.17, 15) is 0 Å². The maximum Gasteiger partial charge on any atom is 0.133 e. The van der Waals surface area contributed by atoms with Gasteiger partial charge in [0, 0.05) is 11.6 Å². The van der Waals surface area contributed by atoms with Gasteiger partial charge in [-0.25, -0.2) is 15.0 Å². The maximum atomic E-state index is 5.83. The molecule has 0 atom stereocenters. The van der Waals surface area contributed by atoms with Crippen molar-refractivity contribution in [1.82, 2.24) is 15.0 Å². The summed E-state index contributed by atoms with van der Waals surface area (Å²) < 4.78 is 1.17. The molecule has 0 spiro atoms. The van der Waals surface area contributed by atoms with Crippen LogP contribution in [0.5, 0.6) is 0 Å². The zero-order valence-corrected chi connectivity index (χ0v) is 9.66. The lowest BCUT2D eigenvalue weighted by Crippen LogP contribution is -1.85. The molecule has 0 radical (unpaired) electrons. The van der Waals surface area contributed by atoms with Crippen LogP contribution < -0.4 is 0 Å². The summed E-state index contributed by atoms with van der Waals surface area (Å²) >= 11 is 7.45. The number of hydrogen-bond acceptors (Lipinski definition) is 4. The molecule has 0 saturated heterocycles. The van der Waals surface area contributed by atoms with Crippen molar-refractivity contribution in [2.45, 2.75) is 0 Å². The van der Waals surface area contributed by atoms with Crippen molar-refractivity contribution in [1.29, 1.82) is 0 Å². The van der Waals surface area contributed by atoms with Crippen LogP contribution in [-0.2, 0) is 0 Å². The van der Waals surface area contributed by atoms with Gasteiger partial charge < -0.3 is 0 Å². The Kier molecular flexibility index (Phi) is 2.31. The minimum Gasteiger partial charge on any atom is -0.245 e. The normalized spacial score (nSPS) is 10.8. The van der Waals surface area contributed by atoms with Crippen LogP contribution in [0.25, 0.3) is 21.5 Å². The molecule has 3 rings (SSSR count). The summed E-state index contributed by atoms with van der Waals surface area (Å²) in [5.41, 5.74) is 4.64. The second-order valence-corrected chi connectivity index (χ2v) is 4.53. The van der Waals surface area contributed by atoms with Crippen LogP contribution >= 0.6 is 22.9 Å². The van der Waals surface area contributed by atoms with Gasteiger partial charge in [-0.3, -0.25) is 0 Å². The molecule has 1 aromatic carbocycles. The zero-order valence-electron chi connectivity index (χ0n) is 8.09. The molecule has 0 bridgehead atoms. The number of fused-ring (bicyclic) bond motifs is 1. The Labute approximate surface area is 101 Å². The first-order valence-electron chi connectivity index (χ1n) is 4.64. The van der Waals surface area contributed by atoms with E-state index in [-0.39, 0.29) is 0 Å². The van der Waals surface area contributed by atoms with Crippen molar-refractivity contribution in [3.05, 3.63) is 41.3 Å². The lowest BCUT2D eigenvalue weighted by Gasteiger charge is -2.00. The largest absolute Gasteiger partial charge is 0.245 e. The molecule has 78 valence electrons. The molecular weight excluding hydrogens is 242 g/mol. The van der Waals surface area contributed by atoms with E-state index in [1.807, 2.05) is 23.7 Å². The van der Waals surface area contributed by atoms with Crippen LogP contribution in [0.15, 0.2) is 36.1 Å².